The molecule has 2 unspecified atom stereocenters. The van der Waals surface area contributed by atoms with E-state index < -0.39 is 0 Å². The topological polar surface area (TPSA) is 12.4 Å². The van der Waals surface area contributed by atoms with Gasteiger partial charge in [-0.05, 0) is 39.7 Å². The van der Waals surface area contributed by atoms with E-state index in [9.17, 15) is 0 Å². The summed E-state index contributed by atoms with van der Waals surface area (Å²) in [6.45, 7) is 27.8. The van der Waals surface area contributed by atoms with Gasteiger partial charge in [0.25, 0.3) is 0 Å². The highest BCUT2D eigenvalue weighted by atomic mass is 14.8. The van der Waals surface area contributed by atoms with Crippen LogP contribution in [0, 0.1) is 22.7 Å². The molecule has 0 fully saturated rings. The summed E-state index contributed by atoms with van der Waals surface area (Å²) < 4.78 is 0. The van der Waals surface area contributed by atoms with E-state index in [-0.39, 0.29) is 22.2 Å². The van der Waals surface area contributed by atoms with Gasteiger partial charge in [0.2, 0.25) is 0 Å². The van der Waals surface area contributed by atoms with Gasteiger partial charge in [-0.2, -0.15) is 0 Å². The van der Waals surface area contributed by atoms with Gasteiger partial charge in [0.1, 0.15) is 7.28 Å². The van der Waals surface area contributed by atoms with Crippen LogP contribution in [0.4, 0.5) is 0 Å². The van der Waals surface area contributed by atoms with Crippen molar-refractivity contribution in [2.24, 2.45) is 15.8 Å². The average molecular weight is 313 g/mol. The summed E-state index contributed by atoms with van der Waals surface area (Å²) in [5.74, 6) is 6.69. The Morgan fingerprint density at radius 3 is 2.13 bits per heavy atom. The smallest absolute Gasteiger partial charge is 0.124 e. The van der Waals surface area contributed by atoms with Gasteiger partial charge in [0.15, 0.2) is 0 Å². The normalized spacial score (nSPS) is 16.7. The molecule has 0 saturated carbocycles. The van der Waals surface area contributed by atoms with Gasteiger partial charge < -0.3 is 0 Å². The summed E-state index contributed by atoms with van der Waals surface area (Å²) in [7, 11) is 1.13. The van der Waals surface area contributed by atoms with Gasteiger partial charge in [-0.15, -0.1) is 12.5 Å². The fraction of sp³-hybridized carbons (Fsp3) is 0.667. The lowest BCUT2D eigenvalue weighted by atomic mass is 9.47. The van der Waals surface area contributed by atoms with Crippen molar-refractivity contribution in [3.63, 3.8) is 0 Å². The maximum atomic E-state index is 4.90. The third-order valence-electron chi connectivity index (χ3n) is 5.24. The fourth-order valence-corrected chi connectivity index (χ4v) is 3.10. The van der Waals surface area contributed by atoms with E-state index in [1.54, 1.807) is 0 Å². The Labute approximate surface area is 146 Å². The Bertz CT molecular complexity index is 528. The molecule has 0 saturated heterocycles. The maximum absolute atomic E-state index is 4.90. The number of rotatable bonds is 8. The summed E-state index contributed by atoms with van der Waals surface area (Å²) in [6.07, 6.45) is 2.90. The predicted octanol–water partition coefficient (Wildman–Crippen LogP) is 5.71. The van der Waals surface area contributed by atoms with Gasteiger partial charge >= 0.3 is 0 Å². The largest absolute Gasteiger partial charge is 0.282 e. The minimum atomic E-state index is -0.189. The molecule has 0 aliphatic carbocycles. The summed E-state index contributed by atoms with van der Waals surface area (Å²) in [5.41, 5.74) is 1.72. The van der Waals surface area contributed by atoms with Crippen molar-refractivity contribution in [3.8, 4) is 11.8 Å². The van der Waals surface area contributed by atoms with Crippen LogP contribution in [-0.4, -0.2) is 19.0 Å². The molecule has 2 heteroatoms. The van der Waals surface area contributed by atoms with Crippen molar-refractivity contribution in [2.75, 3.05) is 0 Å². The van der Waals surface area contributed by atoms with E-state index in [0.29, 0.717) is 0 Å². The van der Waals surface area contributed by atoms with Gasteiger partial charge in [-0.3, -0.25) is 4.99 Å². The number of hydrogen-bond acceptors (Lipinski definition) is 1. The summed E-state index contributed by atoms with van der Waals surface area (Å²) in [4.78, 5) is 4.90. The molecule has 0 aliphatic heterocycles. The SMILES string of the molecule is C=CC(C)/N=C(\C(=C)C)C(C)(C)C(C)(C#CC)CC(C)(C)BC. The summed E-state index contributed by atoms with van der Waals surface area (Å²) >= 11 is 0. The second-order valence-electron chi connectivity index (χ2n) is 8.26. The molecule has 0 N–H and O–H groups in total. The molecule has 128 valence electrons. The van der Waals surface area contributed by atoms with Crippen LogP contribution in [0.25, 0.3) is 0 Å². The molecule has 0 rings (SSSR count). The standard InChI is InChI=1S/C21H36BN/c1-12-14-21(10,15-19(6,7)22-11)20(8,9)18(16(3)4)23-17(5)13-2/h13,17,22H,2-3,15H2,1,4-11H3/b23-18+. The molecule has 0 amide bonds. The molecular formula is C21H36BN. The predicted molar refractivity (Wildman–Crippen MR) is 109 cm³/mol. The first-order valence-electron chi connectivity index (χ1n) is 8.67. The molecular weight excluding hydrogens is 277 g/mol. The highest BCUT2D eigenvalue weighted by Gasteiger charge is 2.46. The first-order valence-corrected chi connectivity index (χ1v) is 8.67. The van der Waals surface area contributed by atoms with Crippen molar-refractivity contribution in [1.29, 1.82) is 0 Å². The molecule has 0 aromatic heterocycles. The summed E-state index contributed by atoms with van der Waals surface area (Å²) in [5, 5.41) is 0.236. The van der Waals surface area contributed by atoms with E-state index in [1.807, 2.05) is 19.9 Å². The zero-order valence-corrected chi connectivity index (χ0v) is 16.9. The molecule has 0 spiro atoms. The number of nitrogens with zero attached hydrogens (tertiary/aromatic N) is 1. The van der Waals surface area contributed by atoms with E-state index in [1.165, 1.54) is 0 Å². The van der Waals surface area contributed by atoms with E-state index in [4.69, 9.17) is 4.99 Å². The zero-order chi connectivity index (χ0) is 18.5. The van der Waals surface area contributed by atoms with Crippen LogP contribution in [-0.2, 0) is 0 Å². The molecule has 0 radical (unpaired) electrons. The third kappa shape index (κ3) is 5.41. The minimum Gasteiger partial charge on any atom is -0.282 e. The third-order valence-corrected chi connectivity index (χ3v) is 5.24. The van der Waals surface area contributed by atoms with Crippen molar-refractivity contribution < 1.29 is 0 Å². The Kier molecular flexibility index (Phi) is 7.62. The van der Waals surface area contributed by atoms with Gasteiger partial charge in [-0.25, -0.2) is 0 Å². The number of hydrogen-bond donors (Lipinski definition) is 0. The van der Waals surface area contributed by atoms with Gasteiger partial charge in [-0.1, -0.05) is 58.4 Å². The second-order valence-corrected chi connectivity index (χ2v) is 8.26. The van der Waals surface area contributed by atoms with Gasteiger partial charge in [0, 0.05) is 16.5 Å². The molecule has 23 heavy (non-hydrogen) atoms. The molecule has 0 heterocycles. The van der Waals surface area contributed by atoms with E-state index in [2.05, 4.69) is 73.4 Å². The first kappa shape index (κ1) is 21.8. The zero-order valence-electron chi connectivity index (χ0n) is 16.9. The Morgan fingerprint density at radius 2 is 1.78 bits per heavy atom. The van der Waals surface area contributed by atoms with Crippen LogP contribution in [0.2, 0.25) is 12.1 Å². The Morgan fingerprint density at radius 1 is 1.26 bits per heavy atom. The lowest BCUT2D eigenvalue weighted by Crippen LogP contribution is -2.44. The minimum absolute atomic E-state index is 0.0824. The molecule has 1 nitrogen and oxygen atoms in total. The van der Waals surface area contributed by atoms with Crippen molar-refractivity contribution >= 4 is 13.0 Å². The summed E-state index contributed by atoms with van der Waals surface area (Å²) in [6, 6.07) is 0.0824. The molecule has 2 atom stereocenters. The van der Waals surface area contributed by atoms with Crippen molar-refractivity contribution in [1.82, 2.24) is 0 Å². The number of aliphatic imine (C=N–C) groups is 1. The van der Waals surface area contributed by atoms with Crippen LogP contribution in [0.15, 0.2) is 29.8 Å². The molecule has 0 aromatic rings. The molecule has 0 aliphatic rings. The number of allylic oxidation sites excluding steroid dienone is 1. The van der Waals surface area contributed by atoms with Crippen LogP contribution < -0.4 is 0 Å². The lowest BCUT2D eigenvalue weighted by molar-refractivity contribution is 0.203. The lowest BCUT2D eigenvalue weighted by Gasteiger charge is -2.46. The Hall–Kier alpha value is -1.23. The quantitative estimate of drug-likeness (QED) is 0.236. The van der Waals surface area contributed by atoms with Crippen LogP contribution >= 0.6 is 0 Å². The van der Waals surface area contributed by atoms with Crippen molar-refractivity contribution in [3.05, 3.63) is 24.8 Å². The van der Waals surface area contributed by atoms with Crippen LogP contribution in [0.5, 0.6) is 0 Å². The molecule has 0 aromatic carbocycles. The Balaban J connectivity index is 6.19. The fourth-order valence-electron chi connectivity index (χ4n) is 3.10. The second kappa shape index (κ2) is 8.05. The van der Waals surface area contributed by atoms with Crippen LogP contribution in [0.1, 0.15) is 61.8 Å². The van der Waals surface area contributed by atoms with Gasteiger partial charge in [0.05, 0.1) is 6.04 Å². The highest BCUT2D eigenvalue weighted by Crippen LogP contribution is 2.50. The van der Waals surface area contributed by atoms with Crippen LogP contribution in [0.3, 0.4) is 0 Å². The van der Waals surface area contributed by atoms with E-state index >= 15 is 0 Å². The highest BCUT2D eigenvalue weighted by molar-refractivity contribution is 6.37. The first-order chi connectivity index (χ1) is 10.4. The van der Waals surface area contributed by atoms with E-state index in [0.717, 1.165) is 25.0 Å². The van der Waals surface area contributed by atoms with Crippen molar-refractivity contribution in [2.45, 2.75) is 80.0 Å². The monoisotopic (exact) mass is 313 g/mol. The molecule has 0 bridgehead atoms. The average Bonchev–Trinajstić information content (AvgIpc) is 2.43. The maximum Gasteiger partial charge on any atom is 0.124 e.